The van der Waals surface area contributed by atoms with Gasteiger partial charge in [-0.1, -0.05) is 23.7 Å². The molecule has 3 amide bonds. The lowest BCUT2D eigenvalue weighted by atomic mass is 10.0. The molecular formula is C23H19BrClFN2O3. The van der Waals surface area contributed by atoms with Crippen molar-refractivity contribution < 1.29 is 18.7 Å². The van der Waals surface area contributed by atoms with Gasteiger partial charge in [-0.3, -0.25) is 10.1 Å². The fourth-order valence-electron chi connectivity index (χ4n) is 2.98. The topological polar surface area (TPSA) is 67.4 Å². The molecule has 0 saturated carbocycles. The zero-order valence-corrected chi connectivity index (χ0v) is 19.3. The van der Waals surface area contributed by atoms with E-state index in [1.165, 1.54) is 18.2 Å². The van der Waals surface area contributed by atoms with Crippen molar-refractivity contribution >= 4 is 45.2 Å². The highest BCUT2D eigenvalue weighted by molar-refractivity contribution is 9.10. The Balaban J connectivity index is 1.79. The summed E-state index contributed by atoms with van der Waals surface area (Å²) in [7, 11) is 0. The summed E-state index contributed by atoms with van der Waals surface area (Å²) in [6, 6.07) is 11.7. The highest BCUT2D eigenvalue weighted by Crippen LogP contribution is 2.37. The van der Waals surface area contributed by atoms with Crippen molar-refractivity contribution in [1.82, 2.24) is 5.32 Å². The lowest BCUT2D eigenvalue weighted by Gasteiger charge is -2.18. The van der Waals surface area contributed by atoms with Gasteiger partial charge < -0.3 is 10.1 Å². The molecule has 0 aliphatic carbocycles. The Morgan fingerprint density at radius 3 is 2.39 bits per heavy atom. The zero-order valence-electron chi connectivity index (χ0n) is 17.0. The van der Waals surface area contributed by atoms with Crippen molar-refractivity contribution in [2.45, 2.75) is 20.8 Å². The lowest BCUT2D eigenvalue weighted by Crippen LogP contribution is -2.35. The van der Waals surface area contributed by atoms with Crippen LogP contribution < -0.4 is 15.4 Å². The molecule has 0 aromatic heterocycles. The van der Waals surface area contributed by atoms with Crippen LogP contribution in [0.4, 0.5) is 14.9 Å². The fourth-order valence-corrected chi connectivity index (χ4v) is 3.74. The van der Waals surface area contributed by atoms with Crippen LogP contribution in [-0.2, 0) is 0 Å². The number of anilines is 1. The molecule has 0 aliphatic heterocycles. The third-order valence-electron chi connectivity index (χ3n) is 4.75. The summed E-state index contributed by atoms with van der Waals surface area (Å²) < 4.78 is 20.5. The molecule has 3 aromatic carbocycles. The number of carbonyl (C=O) groups excluding carboxylic acids is 2. The van der Waals surface area contributed by atoms with Crippen LogP contribution in [0.5, 0.6) is 11.5 Å². The van der Waals surface area contributed by atoms with Gasteiger partial charge in [-0.15, -0.1) is 0 Å². The van der Waals surface area contributed by atoms with Crippen LogP contribution in [0.3, 0.4) is 0 Å². The Labute approximate surface area is 192 Å². The van der Waals surface area contributed by atoms with Crippen LogP contribution in [0.15, 0.2) is 53.0 Å². The first-order valence-electron chi connectivity index (χ1n) is 9.28. The van der Waals surface area contributed by atoms with E-state index in [0.29, 0.717) is 26.7 Å². The molecule has 0 unspecified atom stereocenters. The van der Waals surface area contributed by atoms with Gasteiger partial charge in [0.25, 0.3) is 5.91 Å². The molecule has 5 nitrogen and oxygen atoms in total. The maximum atomic E-state index is 13.8. The van der Waals surface area contributed by atoms with Crippen LogP contribution in [0.1, 0.15) is 27.0 Å². The number of hydrogen-bond acceptors (Lipinski definition) is 3. The fraction of sp³-hybridized carbons (Fsp3) is 0.130. The molecule has 8 heteroatoms. The van der Waals surface area contributed by atoms with Crippen LogP contribution in [0, 0.1) is 26.6 Å². The zero-order chi connectivity index (χ0) is 22.7. The van der Waals surface area contributed by atoms with Gasteiger partial charge in [0, 0.05) is 10.7 Å². The number of nitrogens with one attached hydrogen (secondary N) is 2. The second kappa shape index (κ2) is 9.49. The van der Waals surface area contributed by atoms with E-state index in [1.54, 1.807) is 24.3 Å². The molecule has 0 bridgehead atoms. The molecule has 0 heterocycles. The summed E-state index contributed by atoms with van der Waals surface area (Å²) in [6.07, 6.45) is 0. The molecule has 0 atom stereocenters. The number of urea groups is 1. The van der Waals surface area contributed by atoms with Crippen molar-refractivity contribution in [2.24, 2.45) is 0 Å². The molecule has 0 saturated heterocycles. The van der Waals surface area contributed by atoms with E-state index in [1.807, 2.05) is 20.8 Å². The normalized spacial score (nSPS) is 10.5. The van der Waals surface area contributed by atoms with Gasteiger partial charge in [0.1, 0.15) is 17.3 Å². The third-order valence-corrected chi connectivity index (χ3v) is 5.60. The standard InChI is InChI=1S/C23H19BrClFN2O3/c1-12-10-20(31-19-9-8-15(25)11-17(19)24)13(2)14(3)21(12)27-23(30)28-22(29)16-6-4-5-7-18(16)26/h4-11H,1-3H3,(H2,27,28,29,30). The summed E-state index contributed by atoms with van der Waals surface area (Å²) in [5.74, 6) is -0.312. The average Bonchev–Trinajstić information content (AvgIpc) is 2.71. The van der Waals surface area contributed by atoms with Crippen LogP contribution >= 0.6 is 27.5 Å². The summed E-state index contributed by atoms with van der Waals surface area (Å²) in [4.78, 5) is 24.5. The minimum Gasteiger partial charge on any atom is -0.456 e. The summed E-state index contributed by atoms with van der Waals surface area (Å²) in [5, 5.41) is 5.40. The number of amides is 3. The number of imide groups is 1. The largest absolute Gasteiger partial charge is 0.456 e. The van der Waals surface area contributed by atoms with E-state index in [9.17, 15) is 14.0 Å². The Bertz CT molecular complexity index is 1180. The number of ether oxygens (including phenoxy) is 1. The van der Waals surface area contributed by atoms with E-state index in [2.05, 4.69) is 26.6 Å². The van der Waals surface area contributed by atoms with Crippen molar-refractivity contribution in [3.8, 4) is 11.5 Å². The van der Waals surface area contributed by atoms with Gasteiger partial charge in [0.05, 0.1) is 10.0 Å². The summed E-state index contributed by atoms with van der Waals surface area (Å²) in [6.45, 7) is 5.51. The van der Waals surface area contributed by atoms with Gasteiger partial charge in [0.15, 0.2) is 0 Å². The van der Waals surface area contributed by atoms with Crippen LogP contribution in [0.25, 0.3) is 0 Å². The summed E-state index contributed by atoms with van der Waals surface area (Å²) >= 11 is 9.41. The molecule has 0 aliphatic rings. The Kier molecular flexibility index (Phi) is 6.97. The van der Waals surface area contributed by atoms with E-state index in [-0.39, 0.29) is 5.56 Å². The Morgan fingerprint density at radius 1 is 1.00 bits per heavy atom. The molecule has 0 spiro atoms. The molecule has 31 heavy (non-hydrogen) atoms. The van der Waals surface area contributed by atoms with Crippen LogP contribution in [0.2, 0.25) is 5.02 Å². The lowest BCUT2D eigenvalue weighted by molar-refractivity contribution is 0.0963. The summed E-state index contributed by atoms with van der Waals surface area (Å²) in [5.41, 5.74) is 2.65. The second-order valence-corrected chi connectivity index (χ2v) is 8.17. The van der Waals surface area contributed by atoms with Crippen molar-refractivity contribution in [1.29, 1.82) is 0 Å². The number of carbonyl (C=O) groups is 2. The quantitative estimate of drug-likeness (QED) is 0.404. The maximum Gasteiger partial charge on any atom is 0.326 e. The highest BCUT2D eigenvalue weighted by atomic mass is 79.9. The third kappa shape index (κ3) is 5.24. The van der Waals surface area contributed by atoms with E-state index in [0.717, 1.165) is 22.8 Å². The van der Waals surface area contributed by atoms with Crippen molar-refractivity contribution in [3.05, 3.63) is 86.1 Å². The Morgan fingerprint density at radius 2 is 1.71 bits per heavy atom. The van der Waals surface area contributed by atoms with Gasteiger partial charge in [-0.05, 0) is 89.8 Å². The van der Waals surface area contributed by atoms with Gasteiger partial charge in [-0.25, -0.2) is 9.18 Å². The minimum atomic E-state index is -0.824. The Hall–Kier alpha value is -2.90. The predicted octanol–water partition coefficient (Wildman–Crippen LogP) is 6.92. The monoisotopic (exact) mass is 504 g/mol. The SMILES string of the molecule is Cc1cc(Oc2ccc(Cl)cc2Br)c(C)c(C)c1NC(=O)NC(=O)c1ccccc1F. The number of halogens is 3. The smallest absolute Gasteiger partial charge is 0.326 e. The second-order valence-electron chi connectivity index (χ2n) is 6.88. The first-order valence-corrected chi connectivity index (χ1v) is 10.4. The molecule has 3 rings (SSSR count). The molecule has 2 N–H and O–H groups in total. The van der Waals surface area contributed by atoms with E-state index < -0.39 is 17.8 Å². The van der Waals surface area contributed by atoms with Gasteiger partial charge in [-0.2, -0.15) is 0 Å². The number of aryl methyl sites for hydroxylation is 1. The molecule has 0 radical (unpaired) electrons. The molecule has 160 valence electrons. The number of hydrogen-bond donors (Lipinski definition) is 2. The number of benzene rings is 3. The predicted molar refractivity (Wildman–Crippen MR) is 123 cm³/mol. The minimum absolute atomic E-state index is 0.209. The van der Waals surface area contributed by atoms with Crippen LogP contribution in [-0.4, -0.2) is 11.9 Å². The van der Waals surface area contributed by atoms with Crippen molar-refractivity contribution in [2.75, 3.05) is 5.32 Å². The van der Waals surface area contributed by atoms with Gasteiger partial charge in [0.2, 0.25) is 0 Å². The average molecular weight is 506 g/mol. The first-order chi connectivity index (χ1) is 14.7. The first kappa shape index (κ1) is 22.8. The highest BCUT2D eigenvalue weighted by Gasteiger charge is 2.18. The van der Waals surface area contributed by atoms with E-state index >= 15 is 0 Å². The molecular weight excluding hydrogens is 487 g/mol. The van der Waals surface area contributed by atoms with Gasteiger partial charge >= 0.3 is 6.03 Å². The van der Waals surface area contributed by atoms with Crippen molar-refractivity contribution in [3.63, 3.8) is 0 Å². The molecule has 0 fully saturated rings. The molecule has 3 aromatic rings. The van der Waals surface area contributed by atoms with E-state index in [4.69, 9.17) is 16.3 Å². The maximum absolute atomic E-state index is 13.8. The number of rotatable bonds is 4.